The third-order valence-electron chi connectivity index (χ3n) is 3.04. The first-order chi connectivity index (χ1) is 11.5. The molecule has 0 bridgehead atoms. The van der Waals surface area contributed by atoms with E-state index >= 15 is 0 Å². The van der Waals surface area contributed by atoms with E-state index in [1.54, 1.807) is 27.7 Å². The number of rotatable bonds is 7. The Balaban J connectivity index is 2.86. The number of hydrogen-bond donors (Lipinski definition) is 3. The van der Waals surface area contributed by atoms with Crippen LogP contribution in [0.1, 0.15) is 39.4 Å². The number of ether oxygens (including phenoxy) is 2. The van der Waals surface area contributed by atoms with E-state index in [-0.39, 0.29) is 30.2 Å². The molecule has 1 amide bonds. The van der Waals surface area contributed by atoms with Crippen LogP contribution in [0.25, 0.3) is 0 Å². The normalized spacial score (nSPS) is 13.7. The van der Waals surface area contributed by atoms with Crippen LogP contribution < -0.4 is 10.1 Å². The zero-order valence-electron chi connectivity index (χ0n) is 14.7. The molecule has 0 saturated carbocycles. The molecule has 0 heterocycles. The molecule has 2 atom stereocenters. The molecule has 0 fully saturated rings. The van der Waals surface area contributed by atoms with Gasteiger partial charge in [0.2, 0.25) is 0 Å². The van der Waals surface area contributed by atoms with Crippen molar-refractivity contribution >= 4 is 11.8 Å². The van der Waals surface area contributed by atoms with Crippen LogP contribution in [0.5, 0.6) is 5.75 Å². The molecule has 0 aromatic heterocycles. The number of aliphatic hydroxyl groups is 2. The van der Waals surface area contributed by atoms with Crippen LogP contribution in [0.2, 0.25) is 0 Å². The minimum Gasteiger partial charge on any atom is -0.493 e. The van der Waals surface area contributed by atoms with Gasteiger partial charge >= 0.3 is 6.09 Å². The summed E-state index contributed by atoms with van der Waals surface area (Å²) in [7, 11) is 0. The standard InChI is InChI=1S/C16H24N2O7/c1-5-24-13-7-6-10(18(22)23)8-11(13)14(20)12(19)9-17-15(21)25-16(2,3)4/h6-8,12,14,19-20H,5,9H2,1-4H3,(H,17,21). The fourth-order valence-electron chi connectivity index (χ4n) is 1.99. The predicted molar refractivity (Wildman–Crippen MR) is 89.5 cm³/mol. The molecule has 9 nitrogen and oxygen atoms in total. The van der Waals surface area contributed by atoms with Crippen molar-refractivity contribution in [2.45, 2.75) is 45.5 Å². The van der Waals surface area contributed by atoms with Crippen molar-refractivity contribution in [3.8, 4) is 5.75 Å². The Morgan fingerprint density at radius 2 is 2.00 bits per heavy atom. The first-order valence-corrected chi connectivity index (χ1v) is 7.79. The molecule has 1 aromatic rings. The van der Waals surface area contributed by atoms with Crippen molar-refractivity contribution < 1.29 is 29.4 Å². The average molecular weight is 356 g/mol. The number of nitrogens with zero attached hydrogens (tertiary/aromatic N) is 1. The van der Waals surface area contributed by atoms with Crippen molar-refractivity contribution in [2.75, 3.05) is 13.2 Å². The first-order valence-electron chi connectivity index (χ1n) is 7.79. The number of amides is 1. The third-order valence-corrected chi connectivity index (χ3v) is 3.04. The summed E-state index contributed by atoms with van der Waals surface area (Å²) in [6.07, 6.45) is -3.65. The zero-order chi connectivity index (χ0) is 19.2. The van der Waals surface area contributed by atoms with Crippen LogP contribution in [0.15, 0.2) is 18.2 Å². The smallest absolute Gasteiger partial charge is 0.407 e. The van der Waals surface area contributed by atoms with Gasteiger partial charge in [-0.2, -0.15) is 0 Å². The topological polar surface area (TPSA) is 131 Å². The Morgan fingerprint density at radius 3 is 2.52 bits per heavy atom. The lowest BCUT2D eigenvalue weighted by Gasteiger charge is -2.23. The summed E-state index contributed by atoms with van der Waals surface area (Å²) in [6.45, 7) is 6.77. The van der Waals surface area contributed by atoms with Gasteiger partial charge in [0.25, 0.3) is 5.69 Å². The van der Waals surface area contributed by atoms with Crippen molar-refractivity contribution in [3.63, 3.8) is 0 Å². The number of non-ortho nitro benzene ring substituents is 1. The average Bonchev–Trinajstić information content (AvgIpc) is 2.50. The molecule has 0 radical (unpaired) electrons. The SMILES string of the molecule is CCOc1ccc([N+](=O)[O-])cc1C(O)C(O)CNC(=O)OC(C)(C)C. The Bertz CT molecular complexity index is 613. The number of aliphatic hydroxyl groups excluding tert-OH is 2. The Morgan fingerprint density at radius 1 is 1.36 bits per heavy atom. The predicted octanol–water partition coefficient (Wildman–Crippen LogP) is 1.91. The van der Waals surface area contributed by atoms with Gasteiger partial charge in [-0.05, 0) is 33.8 Å². The summed E-state index contributed by atoms with van der Waals surface area (Å²) in [6, 6.07) is 3.73. The quantitative estimate of drug-likeness (QED) is 0.502. The van der Waals surface area contributed by atoms with Crippen LogP contribution in [0.4, 0.5) is 10.5 Å². The van der Waals surface area contributed by atoms with E-state index in [0.717, 1.165) is 6.07 Å². The van der Waals surface area contributed by atoms with Gasteiger partial charge in [-0.15, -0.1) is 0 Å². The summed E-state index contributed by atoms with van der Waals surface area (Å²) >= 11 is 0. The molecule has 0 aliphatic rings. The number of hydrogen-bond acceptors (Lipinski definition) is 7. The Hall–Kier alpha value is -2.39. The van der Waals surface area contributed by atoms with E-state index in [1.807, 2.05) is 0 Å². The number of alkyl carbamates (subject to hydrolysis) is 1. The van der Waals surface area contributed by atoms with E-state index in [0.29, 0.717) is 0 Å². The minimum atomic E-state index is -1.49. The van der Waals surface area contributed by atoms with E-state index in [1.165, 1.54) is 12.1 Å². The van der Waals surface area contributed by atoms with Gasteiger partial charge in [0, 0.05) is 24.2 Å². The largest absolute Gasteiger partial charge is 0.493 e. The zero-order valence-corrected chi connectivity index (χ0v) is 14.7. The molecular weight excluding hydrogens is 332 g/mol. The van der Waals surface area contributed by atoms with Gasteiger partial charge in [-0.3, -0.25) is 10.1 Å². The highest BCUT2D eigenvalue weighted by atomic mass is 16.6. The molecule has 2 unspecified atom stereocenters. The highest BCUT2D eigenvalue weighted by molar-refractivity contribution is 5.67. The van der Waals surface area contributed by atoms with Gasteiger partial charge in [0.05, 0.1) is 11.5 Å². The second-order valence-corrected chi connectivity index (χ2v) is 6.31. The molecule has 0 spiro atoms. The van der Waals surface area contributed by atoms with E-state index in [4.69, 9.17) is 9.47 Å². The molecular formula is C16H24N2O7. The fourth-order valence-corrected chi connectivity index (χ4v) is 1.99. The Labute approximate surface area is 145 Å². The molecule has 140 valence electrons. The molecule has 9 heteroatoms. The molecule has 0 aliphatic heterocycles. The number of benzene rings is 1. The molecule has 1 rings (SSSR count). The van der Waals surface area contributed by atoms with E-state index in [2.05, 4.69) is 5.32 Å². The van der Waals surface area contributed by atoms with Crippen molar-refractivity contribution in [3.05, 3.63) is 33.9 Å². The van der Waals surface area contributed by atoms with Crippen LogP contribution in [0, 0.1) is 10.1 Å². The Kier molecular flexibility index (Phi) is 7.13. The highest BCUT2D eigenvalue weighted by Gasteiger charge is 2.26. The van der Waals surface area contributed by atoms with Crippen molar-refractivity contribution in [2.24, 2.45) is 0 Å². The van der Waals surface area contributed by atoms with Gasteiger partial charge in [-0.1, -0.05) is 0 Å². The lowest BCUT2D eigenvalue weighted by molar-refractivity contribution is -0.385. The molecule has 3 N–H and O–H groups in total. The summed E-state index contributed by atoms with van der Waals surface area (Å²) < 4.78 is 10.4. The molecule has 0 saturated heterocycles. The summed E-state index contributed by atoms with van der Waals surface area (Å²) in [4.78, 5) is 21.9. The number of carbonyl (C=O) groups is 1. The van der Waals surface area contributed by atoms with Gasteiger partial charge < -0.3 is 25.0 Å². The first kappa shape index (κ1) is 20.7. The molecule has 1 aromatic carbocycles. The van der Waals surface area contributed by atoms with Gasteiger partial charge in [0.1, 0.15) is 23.6 Å². The number of nitro benzene ring substituents is 1. The van der Waals surface area contributed by atoms with Crippen molar-refractivity contribution in [1.82, 2.24) is 5.32 Å². The van der Waals surface area contributed by atoms with Crippen LogP contribution >= 0.6 is 0 Å². The fraction of sp³-hybridized carbons (Fsp3) is 0.562. The highest BCUT2D eigenvalue weighted by Crippen LogP contribution is 2.31. The number of nitrogens with one attached hydrogen (secondary N) is 1. The maximum absolute atomic E-state index is 11.6. The van der Waals surface area contributed by atoms with E-state index in [9.17, 15) is 25.1 Å². The maximum Gasteiger partial charge on any atom is 0.407 e. The molecule has 0 aliphatic carbocycles. The van der Waals surface area contributed by atoms with Crippen molar-refractivity contribution in [1.29, 1.82) is 0 Å². The molecule has 25 heavy (non-hydrogen) atoms. The van der Waals surface area contributed by atoms with Crippen LogP contribution in [0.3, 0.4) is 0 Å². The third kappa shape index (κ3) is 6.55. The second kappa shape index (κ2) is 8.63. The lowest BCUT2D eigenvalue weighted by Crippen LogP contribution is -2.38. The monoisotopic (exact) mass is 356 g/mol. The minimum absolute atomic E-state index is 0.0644. The van der Waals surface area contributed by atoms with E-state index < -0.39 is 28.8 Å². The van der Waals surface area contributed by atoms with Crippen LogP contribution in [-0.4, -0.2) is 46.1 Å². The number of carbonyl (C=O) groups excluding carboxylic acids is 1. The summed E-state index contributed by atoms with van der Waals surface area (Å²) in [5.41, 5.74) is -0.880. The van der Waals surface area contributed by atoms with Crippen LogP contribution in [-0.2, 0) is 4.74 Å². The summed E-state index contributed by atoms with van der Waals surface area (Å²) in [5, 5.41) is 33.6. The van der Waals surface area contributed by atoms with Gasteiger partial charge in [0.15, 0.2) is 0 Å². The number of nitro groups is 1. The lowest BCUT2D eigenvalue weighted by atomic mass is 10.0. The second-order valence-electron chi connectivity index (χ2n) is 6.31. The van der Waals surface area contributed by atoms with Gasteiger partial charge in [-0.25, -0.2) is 4.79 Å². The summed E-state index contributed by atoms with van der Waals surface area (Å²) in [5.74, 6) is 0.219. The maximum atomic E-state index is 11.6.